The highest BCUT2D eigenvalue weighted by Gasteiger charge is 2.26. The Morgan fingerprint density at radius 3 is 2.33 bits per heavy atom. The third kappa shape index (κ3) is 4.54. The monoisotopic (exact) mass is 311 g/mol. The number of hydrogen-bond acceptors (Lipinski definition) is 3. The van der Waals surface area contributed by atoms with Crippen LogP contribution < -0.4 is 4.72 Å². The number of sulfonamides is 1. The van der Waals surface area contributed by atoms with E-state index in [4.69, 9.17) is 5.11 Å². The van der Waals surface area contributed by atoms with E-state index in [0.29, 0.717) is 13.0 Å². The van der Waals surface area contributed by atoms with Gasteiger partial charge in [0.15, 0.2) is 0 Å². The minimum atomic E-state index is -3.22. The van der Waals surface area contributed by atoms with Gasteiger partial charge in [0.25, 0.3) is 0 Å². The molecule has 1 aliphatic rings. The van der Waals surface area contributed by atoms with E-state index in [1.54, 1.807) is 12.1 Å². The van der Waals surface area contributed by atoms with Crippen molar-refractivity contribution in [2.24, 2.45) is 0 Å². The highest BCUT2D eigenvalue weighted by atomic mass is 32.2. The zero-order chi connectivity index (χ0) is 15.3. The van der Waals surface area contributed by atoms with Crippen LogP contribution in [0.2, 0.25) is 0 Å². The maximum atomic E-state index is 12.1. The van der Waals surface area contributed by atoms with E-state index >= 15 is 0 Å². The number of carboxylic acids is 1. The minimum absolute atomic E-state index is 0.238. The second-order valence-electron chi connectivity index (χ2n) is 5.45. The number of carboxylic acid groups (broad SMARTS) is 1. The molecule has 2 N–H and O–H groups in total. The van der Waals surface area contributed by atoms with E-state index in [-0.39, 0.29) is 10.8 Å². The largest absolute Gasteiger partial charge is 0.478 e. The molecule has 1 fully saturated rings. The molecule has 1 aromatic rings. The van der Waals surface area contributed by atoms with Crippen molar-refractivity contribution >= 4 is 16.0 Å². The molecular weight excluding hydrogens is 290 g/mol. The van der Waals surface area contributed by atoms with Crippen molar-refractivity contribution < 1.29 is 18.3 Å². The molecule has 116 valence electrons. The third-order valence-electron chi connectivity index (χ3n) is 3.91. The first-order chi connectivity index (χ1) is 9.99. The fourth-order valence-corrected chi connectivity index (χ4v) is 4.22. The van der Waals surface area contributed by atoms with E-state index in [0.717, 1.165) is 37.7 Å². The Morgan fingerprint density at radius 2 is 1.76 bits per heavy atom. The molecule has 0 aliphatic heterocycles. The molecule has 0 radical (unpaired) electrons. The van der Waals surface area contributed by atoms with Gasteiger partial charge in [-0.05, 0) is 37.0 Å². The van der Waals surface area contributed by atoms with E-state index in [1.165, 1.54) is 12.1 Å². The molecule has 0 atom stereocenters. The lowest BCUT2D eigenvalue weighted by Crippen LogP contribution is -2.36. The van der Waals surface area contributed by atoms with Crippen LogP contribution in [0.15, 0.2) is 24.3 Å². The first kappa shape index (κ1) is 16.0. The third-order valence-corrected chi connectivity index (χ3v) is 5.86. The van der Waals surface area contributed by atoms with Gasteiger partial charge < -0.3 is 5.11 Å². The van der Waals surface area contributed by atoms with Crippen LogP contribution in [0.4, 0.5) is 0 Å². The van der Waals surface area contributed by atoms with Crippen LogP contribution in [-0.2, 0) is 16.4 Å². The van der Waals surface area contributed by atoms with Crippen molar-refractivity contribution in [3.63, 3.8) is 0 Å². The minimum Gasteiger partial charge on any atom is -0.478 e. The molecule has 0 saturated heterocycles. The predicted octanol–water partition coefficient (Wildman–Crippen LogP) is 2.18. The average Bonchev–Trinajstić information content (AvgIpc) is 2.48. The maximum absolute atomic E-state index is 12.1. The predicted molar refractivity (Wildman–Crippen MR) is 80.9 cm³/mol. The Morgan fingerprint density at radius 1 is 1.14 bits per heavy atom. The topological polar surface area (TPSA) is 83.5 Å². The summed E-state index contributed by atoms with van der Waals surface area (Å²) in [5.74, 6) is -0.959. The van der Waals surface area contributed by atoms with Crippen molar-refractivity contribution in [2.75, 3.05) is 6.54 Å². The zero-order valence-electron chi connectivity index (χ0n) is 11.9. The molecule has 1 aliphatic carbocycles. The Balaban J connectivity index is 1.84. The summed E-state index contributed by atoms with van der Waals surface area (Å²) in [4.78, 5) is 10.7. The summed E-state index contributed by atoms with van der Waals surface area (Å²) < 4.78 is 26.9. The maximum Gasteiger partial charge on any atom is 0.335 e. The molecule has 2 rings (SSSR count). The Hall–Kier alpha value is -1.40. The Bertz CT molecular complexity index is 574. The van der Waals surface area contributed by atoms with Crippen molar-refractivity contribution in [2.45, 2.75) is 43.8 Å². The lowest BCUT2D eigenvalue weighted by Gasteiger charge is -2.22. The van der Waals surface area contributed by atoms with Crippen LogP contribution >= 0.6 is 0 Å². The van der Waals surface area contributed by atoms with Crippen LogP contribution in [0.25, 0.3) is 0 Å². The van der Waals surface area contributed by atoms with Crippen molar-refractivity contribution in [3.8, 4) is 0 Å². The van der Waals surface area contributed by atoms with Gasteiger partial charge in [-0.25, -0.2) is 17.9 Å². The summed E-state index contributed by atoms with van der Waals surface area (Å²) in [6.07, 6.45) is 5.17. The van der Waals surface area contributed by atoms with Gasteiger partial charge in [-0.2, -0.15) is 0 Å². The molecule has 0 amide bonds. The van der Waals surface area contributed by atoms with E-state index in [1.807, 2.05) is 0 Å². The molecule has 0 bridgehead atoms. The molecule has 6 heteroatoms. The van der Waals surface area contributed by atoms with Crippen LogP contribution in [0.1, 0.15) is 48.0 Å². The summed E-state index contributed by atoms with van der Waals surface area (Å²) in [5.41, 5.74) is 1.16. The number of nitrogens with one attached hydrogen (secondary N) is 1. The molecule has 1 aromatic carbocycles. The standard InChI is InChI=1S/C15H21NO4S/c17-15(18)13-8-6-12(7-9-13)10-11-16-21(19,20)14-4-2-1-3-5-14/h6-9,14,16H,1-5,10-11H2,(H,17,18). The van der Waals surface area contributed by atoms with Gasteiger partial charge in [0.2, 0.25) is 10.0 Å². The van der Waals surface area contributed by atoms with Crippen LogP contribution in [0, 0.1) is 0 Å². The lowest BCUT2D eigenvalue weighted by atomic mass is 10.0. The van der Waals surface area contributed by atoms with Gasteiger partial charge >= 0.3 is 5.97 Å². The second kappa shape index (κ2) is 7.04. The second-order valence-corrected chi connectivity index (χ2v) is 7.50. The molecule has 0 spiro atoms. The van der Waals surface area contributed by atoms with Gasteiger partial charge in [0, 0.05) is 6.54 Å². The van der Waals surface area contributed by atoms with Crippen molar-refractivity contribution in [1.29, 1.82) is 0 Å². The summed E-state index contributed by atoms with van der Waals surface area (Å²) in [6.45, 7) is 0.352. The number of carbonyl (C=O) groups is 1. The fraction of sp³-hybridized carbons (Fsp3) is 0.533. The van der Waals surface area contributed by atoms with Crippen LogP contribution in [0.5, 0.6) is 0 Å². The quantitative estimate of drug-likeness (QED) is 0.843. The van der Waals surface area contributed by atoms with Gasteiger partial charge in [0.05, 0.1) is 10.8 Å². The van der Waals surface area contributed by atoms with E-state index in [2.05, 4.69) is 4.72 Å². The van der Waals surface area contributed by atoms with Gasteiger partial charge in [-0.3, -0.25) is 0 Å². The van der Waals surface area contributed by atoms with Crippen LogP contribution in [0.3, 0.4) is 0 Å². The first-order valence-electron chi connectivity index (χ1n) is 7.30. The number of benzene rings is 1. The average molecular weight is 311 g/mol. The smallest absolute Gasteiger partial charge is 0.335 e. The molecule has 0 heterocycles. The normalized spacial score (nSPS) is 16.8. The number of hydrogen-bond donors (Lipinski definition) is 2. The van der Waals surface area contributed by atoms with Crippen LogP contribution in [-0.4, -0.2) is 31.3 Å². The molecule has 0 aromatic heterocycles. The summed E-state index contributed by atoms with van der Waals surface area (Å²) in [6, 6.07) is 6.51. The van der Waals surface area contributed by atoms with Gasteiger partial charge in [-0.1, -0.05) is 31.4 Å². The molecule has 5 nitrogen and oxygen atoms in total. The molecular formula is C15H21NO4S. The highest BCUT2D eigenvalue weighted by Crippen LogP contribution is 2.22. The van der Waals surface area contributed by atoms with Gasteiger partial charge in [-0.15, -0.1) is 0 Å². The zero-order valence-corrected chi connectivity index (χ0v) is 12.7. The number of rotatable bonds is 6. The Labute approximate surface area is 125 Å². The SMILES string of the molecule is O=C(O)c1ccc(CCNS(=O)(=O)C2CCCCC2)cc1. The first-order valence-corrected chi connectivity index (χ1v) is 8.84. The molecule has 21 heavy (non-hydrogen) atoms. The summed E-state index contributed by atoms with van der Waals surface area (Å²) in [5, 5.41) is 8.56. The van der Waals surface area contributed by atoms with Gasteiger partial charge in [0.1, 0.15) is 0 Å². The van der Waals surface area contributed by atoms with E-state index in [9.17, 15) is 13.2 Å². The molecule has 1 saturated carbocycles. The lowest BCUT2D eigenvalue weighted by molar-refractivity contribution is 0.0697. The van der Waals surface area contributed by atoms with Crippen molar-refractivity contribution in [3.05, 3.63) is 35.4 Å². The molecule has 0 unspecified atom stereocenters. The fourth-order valence-electron chi connectivity index (χ4n) is 2.64. The summed E-state index contributed by atoms with van der Waals surface area (Å²) in [7, 11) is -3.22. The highest BCUT2D eigenvalue weighted by molar-refractivity contribution is 7.90. The van der Waals surface area contributed by atoms with Crippen molar-refractivity contribution in [1.82, 2.24) is 4.72 Å². The summed E-state index contributed by atoms with van der Waals surface area (Å²) >= 11 is 0. The number of aromatic carboxylic acids is 1. The van der Waals surface area contributed by atoms with E-state index < -0.39 is 16.0 Å². The Kier molecular flexibility index (Phi) is 5.36.